The monoisotopic (exact) mass is 308 g/mol. The van der Waals surface area contributed by atoms with Crippen LogP contribution in [0.3, 0.4) is 0 Å². The zero-order valence-corrected chi connectivity index (χ0v) is 13.6. The van der Waals surface area contributed by atoms with Crippen molar-refractivity contribution in [3.63, 3.8) is 0 Å². The summed E-state index contributed by atoms with van der Waals surface area (Å²) in [6.07, 6.45) is 1.98. The van der Waals surface area contributed by atoms with E-state index in [1.807, 2.05) is 22.4 Å². The number of carbonyl (C=O) groups excluding carboxylic acids is 1. The Morgan fingerprint density at radius 3 is 3.10 bits per heavy atom. The minimum atomic E-state index is 0.270. The van der Waals surface area contributed by atoms with E-state index >= 15 is 0 Å². The lowest BCUT2D eigenvalue weighted by Gasteiger charge is -2.36. The minimum absolute atomic E-state index is 0.270. The number of likely N-dealkylation sites (tertiary alicyclic amines) is 1. The van der Waals surface area contributed by atoms with E-state index in [1.54, 1.807) is 11.3 Å². The number of ether oxygens (including phenoxy) is 1. The molecular formula is C16H24N2O2S. The summed E-state index contributed by atoms with van der Waals surface area (Å²) < 4.78 is 5.97. The van der Waals surface area contributed by atoms with Crippen LogP contribution in [0.4, 0.5) is 0 Å². The number of rotatable bonds is 4. The van der Waals surface area contributed by atoms with Gasteiger partial charge in [-0.25, -0.2) is 0 Å². The lowest BCUT2D eigenvalue weighted by Crippen LogP contribution is -2.46. The summed E-state index contributed by atoms with van der Waals surface area (Å²) in [5, 5.41) is 2.03. The molecule has 0 unspecified atom stereocenters. The molecule has 5 heteroatoms. The molecule has 1 aromatic rings. The Bertz CT molecular complexity index is 475. The van der Waals surface area contributed by atoms with Gasteiger partial charge in [0, 0.05) is 30.4 Å². The van der Waals surface area contributed by atoms with Gasteiger partial charge in [0.2, 0.25) is 5.91 Å². The first-order valence-corrected chi connectivity index (χ1v) is 8.58. The first-order chi connectivity index (χ1) is 10.1. The second kappa shape index (κ2) is 6.46. The predicted molar refractivity (Wildman–Crippen MR) is 84.5 cm³/mol. The number of nitrogens with zero attached hydrogens (tertiary/aromatic N) is 2. The Morgan fingerprint density at radius 2 is 2.38 bits per heavy atom. The van der Waals surface area contributed by atoms with Gasteiger partial charge in [-0.3, -0.25) is 4.79 Å². The molecule has 2 aliphatic heterocycles. The van der Waals surface area contributed by atoms with Crippen LogP contribution < -0.4 is 0 Å². The maximum absolute atomic E-state index is 12.4. The third-order valence-corrected chi connectivity index (χ3v) is 5.47. The molecule has 0 radical (unpaired) electrons. The van der Waals surface area contributed by atoms with Crippen LogP contribution in [0.5, 0.6) is 0 Å². The second-order valence-corrected chi connectivity index (χ2v) is 7.47. The molecule has 0 bridgehead atoms. The smallest absolute Gasteiger partial charge is 0.227 e. The molecule has 0 aliphatic carbocycles. The van der Waals surface area contributed by atoms with Gasteiger partial charge < -0.3 is 14.5 Å². The first-order valence-electron chi connectivity index (χ1n) is 7.70. The van der Waals surface area contributed by atoms with E-state index in [1.165, 1.54) is 0 Å². The van der Waals surface area contributed by atoms with Crippen molar-refractivity contribution in [1.29, 1.82) is 0 Å². The molecule has 1 amide bonds. The summed E-state index contributed by atoms with van der Waals surface area (Å²) in [4.78, 5) is 17.8. The lowest BCUT2D eigenvalue weighted by atomic mass is 9.84. The summed E-state index contributed by atoms with van der Waals surface area (Å²) in [5.74, 6) is 1.42. The van der Waals surface area contributed by atoms with Gasteiger partial charge in [0.25, 0.3) is 0 Å². The molecule has 0 N–H and O–H groups in total. The molecule has 4 nitrogen and oxygen atoms in total. The van der Waals surface area contributed by atoms with Crippen molar-refractivity contribution in [2.45, 2.75) is 18.9 Å². The number of hydrogen-bond acceptors (Lipinski definition) is 4. The van der Waals surface area contributed by atoms with Crippen molar-refractivity contribution >= 4 is 17.2 Å². The second-order valence-electron chi connectivity index (χ2n) is 6.44. The van der Waals surface area contributed by atoms with Crippen molar-refractivity contribution in [2.24, 2.45) is 11.8 Å². The van der Waals surface area contributed by atoms with Crippen LogP contribution in [0.25, 0.3) is 0 Å². The van der Waals surface area contributed by atoms with E-state index in [4.69, 9.17) is 4.74 Å². The van der Waals surface area contributed by atoms with E-state index in [9.17, 15) is 4.79 Å². The zero-order chi connectivity index (χ0) is 14.8. The maximum atomic E-state index is 12.4. The Morgan fingerprint density at radius 1 is 1.52 bits per heavy atom. The molecule has 2 aliphatic rings. The van der Waals surface area contributed by atoms with Crippen molar-refractivity contribution in [2.75, 3.05) is 40.3 Å². The number of piperidine rings is 1. The molecule has 21 heavy (non-hydrogen) atoms. The molecule has 2 saturated heterocycles. The number of fused-ring (bicyclic) bond motifs is 1. The van der Waals surface area contributed by atoms with Crippen LogP contribution in [0.2, 0.25) is 0 Å². The van der Waals surface area contributed by atoms with Gasteiger partial charge >= 0.3 is 0 Å². The van der Waals surface area contributed by atoms with Crippen LogP contribution >= 0.6 is 11.3 Å². The van der Waals surface area contributed by atoms with E-state index < -0.39 is 0 Å². The highest BCUT2D eigenvalue weighted by Crippen LogP contribution is 2.34. The zero-order valence-electron chi connectivity index (χ0n) is 12.8. The third-order valence-electron chi connectivity index (χ3n) is 4.60. The highest BCUT2D eigenvalue weighted by molar-refractivity contribution is 7.10. The molecule has 2 fully saturated rings. The fourth-order valence-corrected chi connectivity index (χ4v) is 4.23. The summed E-state index contributed by atoms with van der Waals surface area (Å²) in [7, 11) is 4.19. The molecule has 3 rings (SSSR count). The predicted octanol–water partition coefficient (Wildman–Crippen LogP) is 1.72. The SMILES string of the molecule is CN(C)C[C@H]1OC[C@@H]2CN(C(=O)Cc3cccs3)CC[C@@H]21. The van der Waals surface area contributed by atoms with Gasteiger partial charge in [-0.2, -0.15) is 0 Å². The van der Waals surface area contributed by atoms with E-state index in [0.29, 0.717) is 24.4 Å². The number of thiophene rings is 1. The Balaban J connectivity index is 1.55. The van der Waals surface area contributed by atoms with Gasteiger partial charge in [0.15, 0.2) is 0 Å². The van der Waals surface area contributed by atoms with Crippen molar-refractivity contribution in [3.05, 3.63) is 22.4 Å². The molecular weight excluding hydrogens is 284 g/mol. The lowest BCUT2D eigenvalue weighted by molar-refractivity contribution is -0.132. The Hall–Kier alpha value is -0.910. The largest absolute Gasteiger partial charge is 0.376 e. The molecule has 1 aromatic heterocycles. The molecule has 3 heterocycles. The molecule has 3 atom stereocenters. The fraction of sp³-hybridized carbons (Fsp3) is 0.688. The van der Waals surface area contributed by atoms with Crippen LogP contribution in [0.1, 0.15) is 11.3 Å². The van der Waals surface area contributed by atoms with Gasteiger partial charge in [-0.1, -0.05) is 6.07 Å². The number of likely N-dealkylation sites (N-methyl/N-ethyl adjacent to an activating group) is 1. The summed E-state index contributed by atoms with van der Waals surface area (Å²) in [5.41, 5.74) is 0. The van der Waals surface area contributed by atoms with Crippen molar-refractivity contribution < 1.29 is 9.53 Å². The topological polar surface area (TPSA) is 32.8 Å². The molecule has 116 valence electrons. The Labute approximate surface area is 130 Å². The van der Waals surface area contributed by atoms with Gasteiger partial charge in [0.05, 0.1) is 19.1 Å². The third kappa shape index (κ3) is 3.47. The number of hydrogen-bond donors (Lipinski definition) is 0. The average molecular weight is 308 g/mol. The van der Waals surface area contributed by atoms with Gasteiger partial charge in [-0.05, 0) is 37.9 Å². The highest BCUT2D eigenvalue weighted by atomic mass is 32.1. The first kappa shape index (κ1) is 15.0. The van der Waals surface area contributed by atoms with Crippen molar-refractivity contribution in [1.82, 2.24) is 9.80 Å². The van der Waals surface area contributed by atoms with Crippen LogP contribution in [0.15, 0.2) is 17.5 Å². The van der Waals surface area contributed by atoms with E-state index in [0.717, 1.165) is 37.5 Å². The quantitative estimate of drug-likeness (QED) is 0.849. The van der Waals surface area contributed by atoms with Crippen molar-refractivity contribution in [3.8, 4) is 0 Å². The number of amides is 1. The summed E-state index contributed by atoms with van der Waals surface area (Å²) >= 11 is 1.66. The summed E-state index contributed by atoms with van der Waals surface area (Å²) in [6.45, 7) is 3.56. The number of carbonyl (C=O) groups is 1. The minimum Gasteiger partial charge on any atom is -0.376 e. The normalized spacial score (nSPS) is 28.9. The maximum Gasteiger partial charge on any atom is 0.227 e. The van der Waals surface area contributed by atoms with Crippen LogP contribution in [0, 0.1) is 11.8 Å². The average Bonchev–Trinajstić information content (AvgIpc) is 3.08. The van der Waals surface area contributed by atoms with Crippen LogP contribution in [-0.4, -0.2) is 62.1 Å². The van der Waals surface area contributed by atoms with Crippen LogP contribution in [-0.2, 0) is 16.0 Å². The van der Waals surface area contributed by atoms with Gasteiger partial charge in [0.1, 0.15) is 0 Å². The van der Waals surface area contributed by atoms with E-state index in [-0.39, 0.29) is 5.91 Å². The summed E-state index contributed by atoms with van der Waals surface area (Å²) in [6, 6.07) is 4.05. The molecule has 0 aromatic carbocycles. The standard InChI is InChI=1S/C16H24N2O2S/c1-17(2)10-15-14-5-6-18(9-12(14)11-20-15)16(19)8-13-4-3-7-21-13/h3-4,7,12,14-15H,5-6,8-11H2,1-2H3/t12-,14-,15+/m0/s1. The van der Waals surface area contributed by atoms with E-state index in [2.05, 4.69) is 19.0 Å². The molecule has 0 saturated carbocycles. The highest BCUT2D eigenvalue weighted by Gasteiger charge is 2.41. The molecule has 0 spiro atoms. The fourth-order valence-electron chi connectivity index (χ4n) is 3.54. The Kier molecular flexibility index (Phi) is 4.62. The van der Waals surface area contributed by atoms with Gasteiger partial charge in [-0.15, -0.1) is 11.3 Å².